The van der Waals surface area contributed by atoms with Gasteiger partial charge in [-0.3, -0.25) is 9.69 Å². The number of aryl methyl sites for hydroxylation is 1. The molecule has 4 nitrogen and oxygen atoms in total. The van der Waals surface area contributed by atoms with Gasteiger partial charge in [-0.1, -0.05) is 41.7 Å². The fourth-order valence-corrected chi connectivity index (χ4v) is 4.13. The van der Waals surface area contributed by atoms with Gasteiger partial charge in [0.15, 0.2) is 15.8 Å². The van der Waals surface area contributed by atoms with E-state index < -0.39 is 0 Å². The molecule has 25 heavy (non-hydrogen) atoms. The molecule has 0 aliphatic carbocycles. The number of thiocarbonyl (C=S) groups is 1. The summed E-state index contributed by atoms with van der Waals surface area (Å²) in [4.78, 5) is 14.8. The lowest BCUT2D eigenvalue weighted by Crippen LogP contribution is -2.27. The Bertz CT molecular complexity index is 894. The Hall–Kier alpha value is -1.83. The number of halogens is 1. The number of phenols is 1. The summed E-state index contributed by atoms with van der Waals surface area (Å²) >= 11 is 9.91. The van der Waals surface area contributed by atoms with Crippen LogP contribution in [0.2, 0.25) is 0 Å². The Kier molecular flexibility index (Phi) is 5.17. The number of nitrogens with zero attached hydrogens (tertiary/aromatic N) is 1. The molecule has 1 saturated heterocycles. The Balaban J connectivity index is 1.95. The van der Waals surface area contributed by atoms with E-state index in [0.717, 1.165) is 16.8 Å². The highest BCUT2D eigenvalue weighted by atomic mass is 79.9. The van der Waals surface area contributed by atoms with Crippen LogP contribution in [0.25, 0.3) is 6.08 Å². The summed E-state index contributed by atoms with van der Waals surface area (Å²) in [6.07, 6.45) is 1.74. The third-order valence-electron chi connectivity index (χ3n) is 3.65. The minimum atomic E-state index is -0.165. The van der Waals surface area contributed by atoms with E-state index >= 15 is 0 Å². The van der Waals surface area contributed by atoms with Crippen LogP contribution in [0.3, 0.4) is 0 Å². The number of hydrogen-bond donors (Lipinski definition) is 1. The average molecular weight is 436 g/mol. The number of aromatic hydroxyl groups is 1. The highest BCUT2D eigenvalue weighted by molar-refractivity contribution is 9.10. The van der Waals surface area contributed by atoms with Gasteiger partial charge in [-0.05, 0) is 58.8 Å². The third kappa shape index (κ3) is 3.58. The van der Waals surface area contributed by atoms with Gasteiger partial charge in [0.2, 0.25) is 0 Å². The van der Waals surface area contributed by atoms with Crippen molar-refractivity contribution in [3.05, 3.63) is 56.9 Å². The van der Waals surface area contributed by atoms with Gasteiger partial charge in [0.1, 0.15) is 0 Å². The summed E-state index contributed by atoms with van der Waals surface area (Å²) in [6, 6.07) is 11.0. The molecule has 0 bridgehead atoms. The van der Waals surface area contributed by atoms with Crippen molar-refractivity contribution in [1.82, 2.24) is 0 Å². The summed E-state index contributed by atoms with van der Waals surface area (Å²) < 4.78 is 6.13. The molecule has 1 N–H and O–H groups in total. The fourth-order valence-electron chi connectivity index (χ4n) is 2.37. The minimum Gasteiger partial charge on any atom is -0.503 e. The lowest BCUT2D eigenvalue weighted by atomic mass is 10.1. The zero-order valence-corrected chi connectivity index (χ0v) is 16.7. The van der Waals surface area contributed by atoms with Gasteiger partial charge in [0, 0.05) is 0 Å². The van der Waals surface area contributed by atoms with Gasteiger partial charge < -0.3 is 9.84 Å². The number of anilines is 1. The molecule has 0 saturated carbocycles. The van der Waals surface area contributed by atoms with Crippen molar-refractivity contribution in [3.63, 3.8) is 0 Å². The van der Waals surface area contributed by atoms with E-state index in [-0.39, 0.29) is 11.7 Å². The van der Waals surface area contributed by atoms with Crippen LogP contribution in [-0.2, 0) is 4.79 Å². The maximum absolute atomic E-state index is 12.8. The molecule has 2 aromatic carbocycles. The topological polar surface area (TPSA) is 49.8 Å². The monoisotopic (exact) mass is 435 g/mol. The third-order valence-corrected chi connectivity index (χ3v) is 5.56. The SMILES string of the molecule is COc1cc(/C=C2\SC(=S)N(c3ccc(C)cc3)C2=O)cc(Br)c1O. The number of phenolic OH excluding ortho intramolecular Hbond substituents is 1. The maximum Gasteiger partial charge on any atom is 0.270 e. The summed E-state index contributed by atoms with van der Waals surface area (Å²) in [5.74, 6) is 0.184. The van der Waals surface area contributed by atoms with Crippen LogP contribution < -0.4 is 9.64 Å². The number of ether oxygens (including phenoxy) is 1. The second-order valence-electron chi connectivity index (χ2n) is 5.41. The molecule has 7 heteroatoms. The van der Waals surface area contributed by atoms with E-state index in [1.54, 1.807) is 18.2 Å². The number of thioether (sulfide) groups is 1. The molecule has 0 spiro atoms. The van der Waals surface area contributed by atoms with Gasteiger partial charge in [-0.25, -0.2) is 0 Å². The molecule has 1 aliphatic rings. The molecule has 3 rings (SSSR count). The van der Waals surface area contributed by atoms with E-state index in [9.17, 15) is 9.90 Å². The molecular formula is C18H14BrNO3S2. The zero-order valence-electron chi connectivity index (χ0n) is 13.4. The second-order valence-corrected chi connectivity index (χ2v) is 7.94. The summed E-state index contributed by atoms with van der Waals surface area (Å²) in [5, 5.41) is 9.90. The first-order valence-electron chi connectivity index (χ1n) is 7.32. The number of benzene rings is 2. The first kappa shape index (κ1) is 18.0. The van der Waals surface area contributed by atoms with Crippen LogP contribution in [-0.4, -0.2) is 22.4 Å². The molecule has 0 unspecified atom stereocenters. The van der Waals surface area contributed by atoms with Gasteiger partial charge in [-0.2, -0.15) is 0 Å². The number of hydrogen-bond acceptors (Lipinski definition) is 5. The minimum absolute atomic E-state index is 0.0202. The molecule has 0 atom stereocenters. The molecule has 2 aromatic rings. The number of carbonyl (C=O) groups is 1. The van der Waals surface area contributed by atoms with E-state index in [1.807, 2.05) is 31.2 Å². The van der Waals surface area contributed by atoms with E-state index in [0.29, 0.717) is 19.4 Å². The summed E-state index contributed by atoms with van der Waals surface area (Å²) in [5.41, 5.74) is 2.60. The lowest BCUT2D eigenvalue weighted by molar-refractivity contribution is -0.113. The molecule has 1 aliphatic heterocycles. The van der Waals surface area contributed by atoms with Crippen molar-refractivity contribution in [2.75, 3.05) is 12.0 Å². The zero-order chi connectivity index (χ0) is 18.1. The van der Waals surface area contributed by atoms with Gasteiger partial charge in [0.25, 0.3) is 5.91 Å². The van der Waals surface area contributed by atoms with Gasteiger partial charge in [-0.15, -0.1) is 0 Å². The average Bonchev–Trinajstić information content (AvgIpc) is 2.85. The molecule has 1 fully saturated rings. The number of carbonyl (C=O) groups excluding carboxylic acids is 1. The van der Waals surface area contributed by atoms with Crippen molar-refractivity contribution >= 4 is 61.9 Å². The molecule has 0 aromatic heterocycles. The van der Waals surface area contributed by atoms with E-state index in [4.69, 9.17) is 17.0 Å². The van der Waals surface area contributed by atoms with Crippen LogP contribution in [0.5, 0.6) is 11.5 Å². The van der Waals surface area contributed by atoms with Crippen LogP contribution in [0, 0.1) is 6.92 Å². The van der Waals surface area contributed by atoms with E-state index in [2.05, 4.69) is 15.9 Å². The number of methoxy groups -OCH3 is 1. The van der Waals surface area contributed by atoms with Crippen molar-refractivity contribution in [3.8, 4) is 11.5 Å². The number of amides is 1. The molecule has 1 amide bonds. The molecule has 1 heterocycles. The van der Waals surface area contributed by atoms with Crippen molar-refractivity contribution in [2.45, 2.75) is 6.92 Å². The van der Waals surface area contributed by atoms with Gasteiger partial charge >= 0.3 is 0 Å². The standard InChI is InChI=1S/C18H14BrNO3S2/c1-10-3-5-12(6-4-10)20-17(22)15(25-18(20)24)9-11-7-13(19)16(21)14(8-11)23-2/h3-9,21H,1-2H3/b15-9-. The Morgan fingerprint density at radius 3 is 2.60 bits per heavy atom. The Morgan fingerprint density at radius 2 is 1.96 bits per heavy atom. The van der Waals surface area contributed by atoms with Crippen molar-refractivity contribution in [1.29, 1.82) is 0 Å². The first-order chi connectivity index (χ1) is 11.9. The van der Waals surface area contributed by atoms with Gasteiger partial charge in [0.05, 0.1) is 22.2 Å². The molecular weight excluding hydrogens is 422 g/mol. The predicted molar refractivity (Wildman–Crippen MR) is 109 cm³/mol. The molecule has 128 valence electrons. The Labute approximate surface area is 163 Å². The highest BCUT2D eigenvalue weighted by Crippen LogP contribution is 2.39. The maximum atomic E-state index is 12.8. The summed E-state index contributed by atoms with van der Waals surface area (Å²) in [7, 11) is 1.47. The normalized spacial score (nSPS) is 16.0. The van der Waals surface area contributed by atoms with Crippen molar-refractivity contribution < 1.29 is 14.6 Å². The quantitative estimate of drug-likeness (QED) is 0.549. The second kappa shape index (κ2) is 7.19. The first-order valence-corrected chi connectivity index (χ1v) is 9.33. The van der Waals surface area contributed by atoms with Crippen LogP contribution >= 0.6 is 39.9 Å². The Morgan fingerprint density at radius 1 is 1.28 bits per heavy atom. The summed E-state index contributed by atoms with van der Waals surface area (Å²) in [6.45, 7) is 1.99. The van der Waals surface area contributed by atoms with Crippen LogP contribution in [0.4, 0.5) is 5.69 Å². The smallest absolute Gasteiger partial charge is 0.270 e. The van der Waals surface area contributed by atoms with Crippen molar-refractivity contribution in [2.24, 2.45) is 0 Å². The molecule has 0 radical (unpaired) electrons. The van der Waals surface area contributed by atoms with Crippen LogP contribution in [0.15, 0.2) is 45.8 Å². The van der Waals surface area contributed by atoms with Crippen LogP contribution in [0.1, 0.15) is 11.1 Å². The highest BCUT2D eigenvalue weighted by Gasteiger charge is 2.33. The number of rotatable bonds is 3. The fraction of sp³-hybridized carbons (Fsp3) is 0.111. The lowest BCUT2D eigenvalue weighted by Gasteiger charge is -2.14. The van der Waals surface area contributed by atoms with E-state index in [1.165, 1.54) is 23.8 Å². The largest absolute Gasteiger partial charge is 0.503 e. The predicted octanol–water partition coefficient (Wildman–Crippen LogP) is 4.88.